The Bertz CT molecular complexity index is 878. The van der Waals surface area contributed by atoms with Crippen LogP contribution < -0.4 is 4.31 Å². The zero-order valence-electron chi connectivity index (χ0n) is 13.5. The summed E-state index contributed by atoms with van der Waals surface area (Å²) in [5, 5.41) is 10.5. The summed E-state index contributed by atoms with van der Waals surface area (Å²) in [6, 6.07) is 14.6. The number of aliphatic hydroxyl groups is 1. The van der Waals surface area contributed by atoms with Gasteiger partial charge in [-0.1, -0.05) is 48.0 Å². The van der Waals surface area contributed by atoms with E-state index in [1.165, 1.54) is 10.6 Å². The van der Waals surface area contributed by atoms with Crippen molar-refractivity contribution in [1.29, 1.82) is 0 Å². The van der Waals surface area contributed by atoms with Crippen molar-refractivity contribution in [1.82, 2.24) is 0 Å². The summed E-state index contributed by atoms with van der Waals surface area (Å²) in [6.45, 7) is 1.99. The van der Waals surface area contributed by atoms with Gasteiger partial charge in [0, 0.05) is 0 Å². The van der Waals surface area contributed by atoms with Gasteiger partial charge in [-0.2, -0.15) is 0 Å². The first-order valence-electron chi connectivity index (χ1n) is 7.86. The van der Waals surface area contributed by atoms with E-state index >= 15 is 0 Å². The van der Waals surface area contributed by atoms with Crippen molar-refractivity contribution in [2.24, 2.45) is 0 Å². The van der Waals surface area contributed by atoms with Crippen molar-refractivity contribution < 1.29 is 18.3 Å². The number of hydrogen-bond acceptors (Lipinski definition) is 4. The predicted molar refractivity (Wildman–Crippen MR) is 91.3 cm³/mol. The molecule has 2 aliphatic heterocycles. The molecule has 4 atom stereocenters. The van der Waals surface area contributed by atoms with Crippen LogP contribution in [-0.4, -0.2) is 32.1 Å². The van der Waals surface area contributed by atoms with E-state index in [1.807, 2.05) is 49.4 Å². The maximum absolute atomic E-state index is 12.5. The van der Waals surface area contributed by atoms with Crippen LogP contribution in [0.3, 0.4) is 0 Å². The van der Waals surface area contributed by atoms with Gasteiger partial charge in [-0.05, 0) is 24.1 Å². The summed E-state index contributed by atoms with van der Waals surface area (Å²) in [6.07, 6.45) is -0.342. The van der Waals surface area contributed by atoms with Gasteiger partial charge in [-0.15, -0.1) is 0 Å². The van der Waals surface area contributed by atoms with Crippen LogP contribution in [0.2, 0.25) is 0 Å². The number of fused-ring (bicyclic) bond motifs is 3. The molecule has 2 aliphatic rings. The fourth-order valence-electron chi connectivity index (χ4n) is 3.84. The van der Waals surface area contributed by atoms with E-state index in [0.717, 1.165) is 16.7 Å². The van der Waals surface area contributed by atoms with Crippen molar-refractivity contribution in [3.05, 3.63) is 65.2 Å². The summed E-state index contributed by atoms with van der Waals surface area (Å²) in [4.78, 5) is 0. The minimum atomic E-state index is -3.50. The predicted octanol–water partition coefficient (Wildman–Crippen LogP) is 2.32. The first-order chi connectivity index (χ1) is 11.4. The average Bonchev–Trinajstić information content (AvgIpc) is 3.03. The maximum Gasteiger partial charge on any atom is 0.232 e. The van der Waals surface area contributed by atoms with E-state index in [2.05, 4.69) is 0 Å². The molecule has 1 saturated heterocycles. The second-order valence-corrected chi connectivity index (χ2v) is 8.35. The fraction of sp³-hybridized carbons (Fsp3) is 0.333. The maximum atomic E-state index is 12.5. The van der Waals surface area contributed by atoms with Gasteiger partial charge >= 0.3 is 0 Å². The number of sulfonamides is 1. The lowest BCUT2D eigenvalue weighted by atomic mass is 9.91. The number of para-hydroxylation sites is 1. The highest BCUT2D eigenvalue weighted by atomic mass is 32.2. The third kappa shape index (κ3) is 2.25. The van der Waals surface area contributed by atoms with Crippen LogP contribution in [0.25, 0.3) is 0 Å². The number of anilines is 1. The highest BCUT2D eigenvalue weighted by molar-refractivity contribution is 7.92. The van der Waals surface area contributed by atoms with E-state index in [-0.39, 0.29) is 5.92 Å². The van der Waals surface area contributed by atoms with Crippen LogP contribution in [0.5, 0.6) is 0 Å². The van der Waals surface area contributed by atoms with E-state index in [9.17, 15) is 13.5 Å². The summed E-state index contributed by atoms with van der Waals surface area (Å²) in [5.41, 5.74) is 3.43. The average molecular weight is 345 g/mol. The Hall–Kier alpha value is -1.89. The number of rotatable bonds is 2. The quantitative estimate of drug-likeness (QED) is 0.907. The molecule has 126 valence electrons. The molecule has 0 aromatic heterocycles. The molecule has 6 heteroatoms. The van der Waals surface area contributed by atoms with Gasteiger partial charge in [-0.3, -0.25) is 4.31 Å². The molecule has 1 N–H and O–H groups in total. The molecule has 2 aromatic rings. The number of hydrogen-bond donors (Lipinski definition) is 1. The number of nitrogens with zero attached hydrogens (tertiary/aromatic N) is 1. The molecule has 0 radical (unpaired) electrons. The smallest absolute Gasteiger partial charge is 0.232 e. The zero-order chi connectivity index (χ0) is 17.1. The molecule has 4 rings (SSSR count). The zero-order valence-corrected chi connectivity index (χ0v) is 14.3. The summed E-state index contributed by atoms with van der Waals surface area (Å²) in [7, 11) is -3.50. The standard InChI is InChI=1S/C18H19NO4S/c1-11-7-9-12(10-8-11)17-16-15(18(20)23-17)13-5-3-4-6-14(13)19(16)24(2,21)22/h3-10,15-18,20H,1-2H3/t15-,16+,17+,18?/m1/s1. The molecule has 24 heavy (non-hydrogen) atoms. The Kier molecular flexibility index (Phi) is 3.46. The first-order valence-corrected chi connectivity index (χ1v) is 9.71. The van der Waals surface area contributed by atoms with Crippen LogP contribution in [0, 0.1) is 6.92 Å². The first kappa shape index (κ1) is 15.6. The Morgan fingerprint density at radius 2 is 1.75 bits per heavy atom. The van der Waals surface area contributed by atoms with Gasteiger partial charge in [0.05, 0.1) is 23.9 Å². The van der Waals surface area contributed by atoms with Crippen molar-refractivity contribution in [2.75, 3.05) is 10.6 Å². The van der Waals surface area contributed by atoms with Crippen LogP contribution in [0.1, 0.15) is 28.7 Å². The normalized spacial score (nSPS) is 28.7. The molecule has 1 unspecified atom stereocenters. The molecule has 0 saturated carbocycles. The minimum absolute atomic E-state index is 0.387. The molecular weight excluding hydrogens is 326 g/mol. The Morgan fingerprint density at radius 1 is 1.08 bits per heavy atom. The van der Waals surface area contributed by atoms with Gasteiger partial charge in [0.2, 0.25) is 10.0 Å². The van der Waals surface area contributed by atoms with E-state index in [1.54, 1.807) is 6.07 Å². The van der Waals surface area contributed by atoms with Gasteiger partial charge in [-0.25, -0.2) is 8.42 Å². The SMILES string of the molecule is Cc1ccc([C@@H]2OC(O)[C@@H]3c4ccccc4N(S(C)(=O)=O)[C@H]23)cc1. The molecular formula is C18H19NO4S. The number of aliphatic hydroxyl groups excluding tert-OH is 1. The molecule has 2 aromatic carbocycles. The van der Waals surface area contributed by atoms with Crippen molar-refractivity contribution >= 4 is 15.7 Å². The van der Waals surface area contributed by atoms with Crippen molar-refractivity contribution in [3.63, 3.8) is 0 Å². The largest absolute Gasteiger partial charge is 0.367 e. The highest BCUT2D eigenvalue weighted by Gasteiger charge is 2.55. The van der Waals surface area contributed by atoms with Gasteiger partial charge in [0.1, 0.15) is 6.10 Å². The topological polar surface area (TPSA) is 66.8 Å². The van der Waals surface area contributed by atoms with Gasteiger partial charge < -0.3 is 9.84 Å². The Balaban J connectivity index is 1.87. The number of ether oxygens (including phenoxy) is 1. The van der Waals surface area contributed by atoms with Gasteiger partial charge in [0.25, 0.3) is 0 Å². The second-order valence-electron chi connectivity index (χ2n) is 6.49. The summed E-state index contributed by atoms with van der Waals surface area (Å²) < 4.78 is 32.1. The lowest BCUT2D eigenvalue weighted by molar-refractivity contribution is -0.0987. The third-order valence-corrected chi connectivity index (χ3v) is 5.99. The summed E-state index contributed by atoms with van der Waals surface area (Å²) in [5.74, 6) is -0.387. The molecule has 0 amide bonds. The Morgan fingerprint density at radius 3 is 2.42 bits per heavy atom. The van der Waals surface area contributed by atoms with Crippen LogP contribution in [-0.2, 0) is 14.8 Å². The minimum Gasteiger partial charge on any atom is -0.367 e. The molecule has 1 fully saturated rings. The third-order valence-electron chi connectivity index (χ3n) is 4.84. The van der Waals surface area contributed by atoms with Crippen molar-refractivity contribution in [2.45, 2.75) is 31.3 Å². The van der Waals surface area contributed by atoms with Crippen LogP contribution in [0.15, 0.2) is 48.5 Å². The molecule has 0 spiro atoms. The van der Waals surface area contributed by atoms with E-state index < -0.39 is 28.5 Å². The highest BCUT2D eigenvalue weighted by Crippen LogP contribution is 2.54. The Labute approximate surface area is 141 Å². The van der Waals surface area contributed by atoms with Crippen molar-refractivity contribution in [3.8, 4) is 0 Å². The number of aryl methyl sites for hydroxylation is 1. The second kappa shape index (κ2) is 5.31. The lowest BCUT2D eigenvalue weighted by Gasteiger charge is -2.28. The molecule has 5 nitrogen and oxygen atoms in total. The van der Waals surface area contributed by atoms with Crippen LogP contribution in [0.4, 0.5) is 5.69 Å². The fourth-order valence-corrected chi connectivity index (χ4v) is 5.05. The molecule has 2 heterocycles. The molecule has 0 bridgehead atoms. The lowest BCUT2D eigenvalue weighted by Crippen LogP contribution is -2.40. The van der Waals surface area contributed by atoms with E-state index in [4.69, 9.17) is 4.74 Å². The number of benzene rings is 2. The van der Waals surface area contributed by atoms with Gasteiger partial charge in [0.15, 0.2) is 6.29 Å². The van der Waals surface area contributed by atoms with E-state index in [0.29, 0.717) is 5.69 Å². The van der Waals surface area contributed by atoms with Crippen LogP contribution >= 0.6 is 0 Å². The molecule has 0 aliphatic carbocycles. The summed E-state index contributed by atoms with van der Waals surface area (Å²) >= 11 is 0. The monoisotopic (exact) mass is 345 g/mol.